The number of nitrogens with zero attached hydrogens (tertiary/aromatic N) is 3. The molecule has 0 spiro atoms. The Kier molecular flexibility index (Phi) is 5.21. The largest absolute Gasteiger partial charge is 0.350 e. The van der Waals surface area contributed by atoms with Gasteiger partial charge in [0.25, 0.3) is 5.91 Å². The Bertz CT molecular complexity index is 961. The molecule has 4 heterocycles. The minimum Gasteiger partial charge on any atom is -0.350 e. The summed E-state index contributed by atoms with van der Waals surface area (Å²) in [5, 5.41) is 9.69. The summed E-state index contributed by atoms with van der Waals surface area (Å²) in [5.41, 5.74) is 1.48. The van der Waals surface area contributed by atoms with E-state index in [1.807, 2.05) is 40.1 Å². The molecule has 162 valence electrons. The summed E-state index contributed by atoms with van der Waals surface area (Å²) in [7, 11) is 0. The number of amides is 3. The van der Waals surface area contributed by atoms with Crippen LogP contribution in [0.4, 0.5) is 0 Å². The van der Waals surface area contributed by atoms with Gasteiger partial charge in [-0.1, -0.05) is 30.3 Å². The molecule has 8 heteroatoms. The van der Waals surface area contributed by atoms with E-state index in [1.165, 1.54) is 0 Å². The number of hydrogen-bond acceptors (Lipinski definition) is 4. The zero-order chi connectivity index (χ0) is 21.4. The zero-order valence-corrected chi connectivity index (χ0v) is 17.4. The van der Waals surface area contributed by atoms with Gasteiger partial charge in [-0.15, -0.1) is 0 Å². The third-order valence-electron chi connectivity index (χ3n) is 6.94. The Hall–Kier alpha value is -3.16. The Labute approximate surface area is 181 Å². The van der Waals surface area contributed by atoms with Crippen LogP contribution in [0.1, 0.15) is 41.7 Å². The molecule has 3 aliphatic rings. The van der Waals surface area contributed by atoms with E-state index < -0.39 is 6.04 Å². The number of aromatic nitrogens is 2. The molecule has 8 nitrogen and oxygen atoms in total. The normalized spacial score (nSPS) is 27.5. The first-order chi connectivity index (χ1) is 15.1. The monoisotopic (exact) mass is 421 g/mol. The molecule has 0 saturated carbocycles. The van der Waals surface area contributed by atoms with E-state index in [1.54, 1.807) is 12.3 Å². The predicted octanol–water partition coefficient (Wildman–Crippen LogP) is 1.57. The second kappa shape index (κ2) is 8.17. The fourth-order valence-corrected chi connectivity index (χ4v) is 5.59. The van der Waals surface area contributed by atoms with Crippen LogP contribution in [0, 0.1) is 11.8 Å². The standard InChI is InChI=1S/C23H27N5O3/c29-20-8-4-7-19-16-11-17(14-27(13-16)23(31)18-9-10-25-26-18)21(28(19)20)22(30)24-12-15-5-2-1-3-6-15/h1-3,5-6,9-10,16-17,19,21H,4,7-8,11-14H2,(H,24,30)(H,25,26)/t16-,17+,19+,21-/m1/s1. The summed E-state index contributed by atoms with van der Waals surface area (Å²) >= 11 is 0. The van der Waals surface area contributed by atoms with Crippen molar-refractivity contribution in [2.75, 3.05) is 13.1 Å². The highest BCUT2D eigenvalue weighted by molar-refractivity contribution is 5.93. The van der Waals surface area contributed by atoms with Crippen molar-refractivity contribution in [1.29, 1.82) is 0 Å². The molecule has 0 aliphatic carbocycles. The van der Waals surface area contributed by atoms with Crippen molar-refractivity contribution in [3.8, 4) is 0 Å². The number of aromatic amines is 1. The fourth-order valence-electron chi connectivity index (χ4n) is 5.59. The maximum Gasteiger partial charge on any atom is 0.271 e. The number of benzene rings is 1. The molecule has 31 heavy (non-hydrogen) atoms. The van der Waals surface area contributed by atoms with Crippen LogP contribution < -0.4 is 5.32 Å². The molecular formula is C23H27N5O3. The number of H-pyrrole nitrogens is 1. The minimum atomic E-state index is -0.532. The van der Waals surface area contributed by atoms with Crippen molar-refractivity contribution in [1.82, 2.24) is 25.3 Å². The molecule has 3 saturated heterocycles. The van der Waals surface area contributed by atoms with Gasteiger partial charge >= 0.3 is 0 Å². The van der Waals surface area contributed by atoms with Crippen LogP contribution in [0.3, 0.4) is 0 Å². The SMILES string of the molecule is O=C(NCc1ccccc1)[C@H]1[C@H]2C[C@H](CN(C(=O)c3ccn[nH]3)C2)[C@@H]2CCCC(=O)N21. The van der Waals surface area contributed by atoms with E-state index in [2.05, 4.69) is 15.5 Å². The highest BCUT2D eigenvalue weighted by Gasteiger charge is 2.52. The summed E-state index contributed by atoms with van der Waals surface area (Å²) < 4.78 is 0. The lowest BCUT2D eigenvalue weighted by atomic mass is 9.71. The Balaban J connectivity index is 1.39. The summed E-state index contributed by atoms with van der Waals surface area (Å²) in [4.78, 5) is 42.9. The summed E-state index contributed by atoms with van der Waals surface area (Å²) in [6.45, 7) is 1.51. The third kappa shape index (κ3) is 3.71. The van der Waals surface area contributed by atoms with Crippen molar-refractivity contribution in [2.45, 2.75) is 44.3 Å². The predicted molar refractivity (Wildman–Crippen MR) is 113 cm³/mol. The molecule has 3 amide bonds. The first kappa shape index (κ1) is 19.8. The van der Waals surface area contributed by atoms with Gasteiger partial charge in [0.1, 0.15) is 11.7 Å². The topological polar surface area (TPSA) is 98.4 Å². The van der Waals surface area contributed by atoms with Crippen LogP contribution in [0.25, 0.3) is 0 Å². The Morgan fingerprint density at radius 2 is 1.94 bits per heavy atom. The van der Waals surface area contributed by atoms with Crippen LogP contribution in [0.2, 0.25) is 0 Å². The number of nitrogens with one attached hydrogen (secondary N) is 2. The van der Waals surface area contributed by atoms with Gasteiger partial charge in [0, 0.05) is 44.2 Å². The highest BCUT2D eigenvalue weighted by atomic mass is 16.2. The lowest BCUT2D eigenvalue weighted by Crippen LogP contribution is -2.68. The van der Waals surface area contributed by atoms with Crippen molar-refractivity contribution >= 4 is 17.7 Å². The average molecular weight is 422 g/mol. The molecule has 2 bridgehead atoms. The quantitative estimate of drug-likeness (QED) is 0.783. The third-order valence-corrected chi connectivity index (χ3v) is 6.94. The molecule has 4 atom stereocenters. The van der Waals surface area contributed by atoms with E-state index in [9.17, 15) is 14.4 Å². The van der Waals surface area contributed by atoms with Gasteiger partial charge in [0.15, 0.2) is 0 Å². The van der Waals surface area contributed by atoms with Crippen LogP contribution >= 0.6 is 0 Å². The van der Waals surface area contributed by atoms with Gasteiger partial charge in [-0.2, -0.15) is 5.10 Å². The number of hydrogen-bond donors (Lipinski definition) is 2. The van der Waals surface area contributed by atoms with Gasteiger partial charge in [0.05, 0.1) is 0 Å². The number of rotatable bonds is 4. The minimum absolute atomic E-state index is 0.0161. The van der Waals surface area contributed by atoms with Crippen molar-refractivity contribution in [3.05, 3.63) is 53.9 Å². The van der Waals surface area contributed by atoms with Crippen LogP contribution in [0.15, 0.2) is 42.6 Å². The van der Waals surface area contributed by atoms with Crippen LogP contribution in [-0.4, -0.2) is 62.9 Å². The molecule has 2 aromatic rings. The number of carbonyl (C=O) groups excluding carboxylic acids is 3. The lowest BCUT2D eigenvalue weighted by Gasteiger charge is -2.55. The maximum atomic E-state index is 13.4. The van der Waals surface area contributed by atoms with Gasteiger partial charge in [0.2, 0.25) is 11.8 Å². The van der Waals surface area contributed by atoms with E-state index in [0.717, 1.165) is 24.8 Å². The van der Waals surface area contributed by atoms with Crippen molar-refractivity contribution < 1.29 is 14.4 Å². The van der Waals surface area contributed by atoms with E-state index in [4.69, 9.17) is 0 Å². The van der Waals surface area contributed by atoms with Gasteiger partial charge in [-0.3, -0.25) is 19.5 Å². The number of likely N-dealkylation sites (tertiary alicyclic amines) is 1. The molecule has 3 aliphatic heterocycles. The number of piperidine rings is 3. The molecule has 1 aromatic carbocycles. The van der Waals surface area contributed by atoms with Gasteiger partial charge in [-0.05, 0) is 36.8 Å². The lowest BCUT2D eigenvalue weighted by molar-refractivity contribution is -0.159. The zero-order valence-electron chi connectivity index (χ0n) is 17.4. The van der Waals surface area contributed by atoms with Crippen molar-refractivity contribution in [3.63, 3.8) is 0 Å². The summed E-state index contributed by atoms with van der Waals surface area (Å²) in [6.07, 6.45) is 4.66. The molecule has 5 rings (SSSR count). The Morgan fingerprint density at radius 1 is 1.13 bits per heavy atom. The van der Waals surface area contributed by atoms with E-state index in [0.29, 0.717) is 31.7 Å². The van der Waals surface area contributed by atoms with E-state index >= 15 is 0 Å². The molecule has 3 fully saturated rings. The summed E-state index contributed by atoms with van der Waals surface area (Å²) in [6, 6.07) is 10.9. The molecule has 1 aromatic heterocycles. The molecule has 0 unspecified atom stereocenters. The van der Waals surface area contributed by atoms with Crippen LogP contribution in [-0.2, 0) is 16.1 Å². The second-order valence-electron chi connectivity index (χ2n) is 8.85. The molecule has 0 radical (unpaired) electrons. The first-order valence-corrected chi connectivity index (χ1v) is 11.0. The van der Waals surface area contributed by atoms with Gasteiger partial charge in [-0.25, -0.2) is 0 Å². The molecule has 2 N–H and O–H groups in total. The fraction of sp³-hybridized carbons (Fsp3) is 0.478. The summed E-state index contributed by atoms with van der Waals surface area (Å²) in [5.74, 6) is -0.0125. The number of carbonyl (C=O) groups is 3. The smallest absolute Gasteiger partial charge is 0.271 e. The Morgan fingerprint density at radius 3 is 2.71 bits per heavy atom. The second-order valence-corrected chi connectivity index (χ2v) is 8.85. The van der Waals surface area contributed by atoms with E-state index in [-0.39, 0.29) is 35.6 Å². The average Bonchev–Trinajstić information content (AvgIpc) is 3.33. The number of fused-ring (bicyclic) bond motifs is 4. The van der Waals surface area contributed by atoms with Gasteiger partial charge < -0.3 is 15.1 Å². The maximum absolute atomic E-state index is 13.4. The van der Waals surface area contributed by atoms with Crippen molar-refractivity contribution in [2.24, 2.45) is 11.8 Å². The van der Waals surface area contributed by atoms with Crippen LogP contribution in [0.5, 0.6) is 0 Å². The first-order valence-electron chi connectivity index (χ1n) is 11.0. The highest BCUT2D eigenvalue weighted by Crippen LogP contribution is 2.42. The molecular weight excluding hydrogens is 394 g/mol.